The van der Waals surface area contributed by atoms with Crippen LogP contribution in [0.5, 0.6) is 0 Å². The predicted octanol–water partition coefficient (Wildman–Crippen LogP) is 2.48. The minimum absolute atomic E-state index is 0.258. The van der Waals surface area contributed by atoms with E-state index in [1.165, 1.54) is 32.1 Å². The average molecular weight is 183 g/mol. The summed E-state index contributed by atoms with van der Waals surface area (Å²) in [6, 6.07) is 0. The number of carbonyl (C=O) groups is 1. The summed E-state index contributed by atoms with van der Waals surface area (Å²) in [5.41, 5.74) is 0. The highest BCUT2D eigenvalue weighted by Gasteiger charge is 2.16. The van der Waals surface area contributed by atoms with Gasteiger partial charge in [-0.3, -0.25) is 4.79 Å². The Morgan fingerprint density at radius 2 is 2.00 bits per heavy atom. The van der Waals surface area contributed by atoms with E-state index < -0.39 is 0 Å². The van der Waals surface area contributed by atoms with Crippen molar-refractivity contribution in [2.45, 2.75) is 51.9 Å². The first-order valence-electron chi connectivity index (χ1n) is 5.59. The monoisotopic (exact) mass is 183 g/mol. The van der Waals surface area contributed by atoms with E-state index in [4.69, 9.17) is 0 Å². The average Bonchev–Trinajstić information content (AvgIpc) is 2.16. The smallest absolute Gasteiger partial charge is 0.220 e. The molecule has 1 saturated carbocycles. The zero-order valence-corrected chi connectivity index (χ0v) is 8.64. The molecule has 0 radical (unpaired) electrons. The second-order valence-corrected chi connectivity index (χ2v) is 4.06. The molecule has 2 heteroatoms. The van der Waals surface area contributed by atoms with Crippen LogP contribution in [0.4, 0.5) is 0 Å². The van der Waals surface area contributed by atoms with Gasteiger partial charge in [0.25, 0.3) is 0 Å². The summed E-state index contributed by atoms with van der Waals surface area (Å²) in [6.07, 6.45) is 8.35. The van der Waals surface area contributed by atoms with Crippen molar-refractivity contribution in [3.8, 4) is 0 Å². The standard InChI is InChI=1S/C11H21NO/c1-2-8-12-11(13)9-10-6-4-3-5-7-10/h10H,2-9H2,1H3,(H,12,13). The van der Waals surface area contributed by atoms with Crippen LogP contribution >= 0.6 is 0 Å². The van der Waals surface area contributed by atoms with Crippen LogP contribution in [-0.4, -0.2) is 12.5 Å². The molecule has 0 aromatic heterocycles. The lowest BCUT2D eigenvalue weighted by Crippen LogP contribution is -2.26. The lowest BCUT2D eigenvalue weighted by atomic mass is 9.87. The molecule has 0 saturated heterocycles. The molecule has 1 N–H and O–H groups in total. The van der Waals surface area contributed by atoms with Crippen molar-refractivity contribution in [1.82, 2.24) is 5.32 Å². The Hall–Kier alpha value is -0.530. The van der Waals surface area contributed by atoms with Crippen molar-refractivity contribution in [3.05, 3.63) is 0 Å². The minimum atomic E-state index is 0.258. The topological polar surface area (TPSA) is 29.1 Å². The van der Waals surface area contributed by atoms with Gasteiger partial charge in [0.05, 0.1) is 0 Å². The molecule has 0 bridgehead atoms. The number of hydrogen-bond acceptors (Lipinski definition) is 1. The van der Waals surface area contributed by atoms with Gasteiger partial charge in [0.2, 0.25) is 5.91 Å². The van der Waals surface area contributed by atoms with E-state index in [9.17, 15) is 4.79 Å². The van der Waals surface area contributed by atoms with E-state index in [2.05, 4.69) is 12.2 Å². The maximum absolute atomic E-state index is 11.4. The molecule has 1 amide bonds. The maximum atomic E-state index is 11.4. The van der Waals surface area contributed by atoms with Gasteiger partial charge in [-0.25, -0.2) is 0 Å². The van der Waals surface area contributed by atoms with Crippen LogP contribution in [-0.2, 0) is 4.79 Å². The summed E-state index contributed by atoms with van der Waals surface area (Å²) < 4.78 is 0. The fraction of sp³-hybridized carbons (Fsp3) is 0.909. The van der Waals surface area contributed by atoms with Gasteiger partial charge in [0, 0.05) is 13.0 Å². The summed E-state index contributed by atoms with van der Waals surface area (Å²) in [5, 5.41) is 2.94. The predicted molar refractivity (Wildman–Crippen MR) is 54.5 cm³/mol. The van der Waals surface area contributed by atoms with E-state index >= 15 is 0 Å². The van der Waals surface area contributed by atoms with E-state index in [1.807, 2.05) is 0 Å². The fourth-order valence-electron chi connectivity index (χ4n) is 1.99. The number of carbonyl (C=O) groups excluding carboxylic acids is 1. The van der Waals surface area contributed by atoms with Gasteiger partial charge in [-0.15, -0.1) is 0 Å². The van der Waals surface area contributed by atoms with Crippen molar-refractivity contribution >= 4 is 5.91 Å². The molecule has 0 aromatic carbocycles. The van der Waals surface area contributed by atoms with Gasteiger partial charge < -0.3 is 5.32 Å². The Labute approximate surface area is 81.1 Å². The van der Waals surface area contributed by atoms with Gasteiger partial charge in [-0.05, 0) is 25.2 Å². The van der Waals surface area contributed by atoms with Gasteiger partial charge in [0.1, 0.15) is 0 Å². The molecule has 0 unspecified atom stereocenters. The largest absolute Gasteiger partial charge is 0.356 e. The first kappa shape index (κ1) is 10.6. The van der Waals surface area contributed by atoms with Crippen LogP contribution in [0.15, 0.2) is 0 Å². The third-order valence-corrected chi connectivity index (χ3v) is 2.77. The Balaban J connectivity index is 2.11. The normalized spacial score (nSPS) is 18.5. The molecule has 2 nitrogen and oxygen atoms in total. The Bertz CT molecular complexity index is 150. The minimum Gasteiger partial charge on any atom is -0.356 e. The third-order valence-electron chi connectivity index (χ3n) is 2.77. The highest BCUT2D eigenvalue weighted by Crippen LogP contribution is 2.25. The lowest BCUT2D eigenvalue weighted by molar-refractivity contribution is -0.122. The second-order valence-electron chi connectivity index (χ2n) is 4.06. The highest BCUT2D eigenvalue weighted by molar-refractivity contribution is 5.76. The van der Waals surface area contributed by atoms with Crippen LogP contribution in [0.1, 0.15) is 51.9 Å². The second kappa shape index (κ2) is 6.01. The summed E-state index contributed by atoms with van der Waals surface area (Å²) in [7, 11) is 0. The zero-order chi connectivity index (χ0) is 9.52. The molecule has 0 aliphatic heterocycles. The molecular weight excluding hydrogens is 162 g/mol. The van der Waals surface area contributed by atoms with Gasteiger partial charge in [-0.1, -0.05) is 26.2 Å². The summed E-state index contributed by atoms with van der Waals surface area (Å²) in [5.74, 6) is 0.930. The SMILES string of the molecule is CCCNC(=O)CC1CCCCC1. The van der Waals surface area contributed by atoms with E-state index in [0.717, 1.165) is 19.4 Å². The Morgan fingerprint density at radius 1 is 1.31 bits per heavy atom. The summed E-state index contributed by atoms with van der Waals surface area (Å²) in [4.78, 5) is 11.4. The van der Waals surface area contributed by atoms with E-state index in [-0.39, 0.29) is 5.91 Å². The number of nitrogens with one attached hydrogen (secondary N) is 1. The van der Waals surface area contributed by atoms with Crippen molar-refractivity contribution in [3.63, 3.8) is 0 Å². The number of hydrogen-bond donors (Lipinski definition) is 1. The van der Waals surface area contributed by atoms with Crippen LogP contribution in [0.2, 0.25) is 0 Å². The van der Waals surface area contributed by atoms with Crippen molar-refractivity contribution in [2.75, 3.05) is 6.54 Å². The Kier molecular flexibility index (Phi) is 4.87. The van der Waals surface area contributed by atoms with E-state index in [0.29, 0.717) is 5.92 Å². The summed E-state index contributed by atoms with van der Waals surface area (Å²) >= 11 is 0. The quantitative estimate of drug-likeness (QED) is 0.712. The molecule has 0 heterocycles. The highest BCUT2D eigenvalue weighted by atomic mass is 16.1. The molecule has 1 rings (SSSR count). The molecular formula is C11H21NO. The third kappa shape index (κ3) is 4.30. The van der Waals surface area contributed by atoms with Crippen molar-refractivity contribution in [2.24, 2.45) is 5.92 Å². The molecule has 0 aromatic rings. The van der Waals surface area contributed by atoms with Crippen LogP contribution in [0.25, 0.3) is 0 Å². The maximum Gasteiger partial charge on any atom is 0.220 e. The molecule has 13 heavy (non-hydrogen) atoms. The van der Waals surface area contributed by atoms with E-state index in [1.54, 1.807) is 0 Å². The first-order valence-corrected chi connectivity index (χ1v) is 5.59. The molecule has 0 atom stereocenters. The number of amides is 1. The van der Waals surface area contributed by atoms with Crippen molar-refractivity contribution in [1.29, 1.82) is 0 Å². The van der Waals surface area contributed by atoms with Gasteiger partial charge >= 0.3 is 0 Å². The number of rotatable bonds is 4. The van der Waals surface area contributed by atoms with Gasteiger partial charge in [-0.2, -0.15) is 0 Å². The van der Waals surface area contributed by atoms with Crippen molar-refractivity contribution < 1.29 is 4.79 Å². The molecule has 76 valence electrons. The van der Waals surface area contributed by atoms with Crippen LogP contribution in [0, 0.1) is 5.92 Å². The zero-order valence-electron chi connectivity index (χ0n) is 8.64. The summed E-state index contributed by atoms with van der Waals surface area (Å²) in [6.45, 7) is 2.92. The Morgan fingerprint density at radius 3 is 2.62 bits per heavy atom. The molecule has 1 fully saturated rings. The van der Waals surface area contributed by atoms with Crippen LogP contribution < -0.4 is 5.32 Å². The lowest BCUT2D eigenvalue weighted by Gasteiger charge is -2.20. The molecule has 0 spiro atoms. The molecule has 1 aliphatic rings. The van der Waals surface area contributed by atoms with Gasteiger partial charge in [0.15, 0.2) is 0 Å². The fourth-order valence-corrected chi connectivity index (χ4v) is 1.99. The molecule has 1 aliphatic carbocycles. The van der Waals surface area contributed by atoms with Crippen LogP contribution in [0.3, 0.4) is 0 Å². The first-order chi connectivity index (χ1) is 6.33.